The molecule has 1 aliphatic heterocycles. The van der Waals surface area contributed by atoms with Crippen LogP contribution >= 0.6 is 0 Å². The van der Waals surface area contributed by atoms with Gasteiger partial charge in [0.05, 0.1) is 12.7 Å². The Balaban J connectivity index is 0.000000441. The SMILES string of the molecule is CCOC(=O)[C@H]1NNCC[C@@H]1OC.O=C(O)C(F)(F)F. The van der Waals surface area contributed by atoms with Crippen LogP contribution in [0.2, 0.25) is 0 Å². The van der Waals surface area contributed by atoms with E-state index >= 15 is 0 Å². The van der Waals surface area contributed by atoms with Gasteiger partial charge in [-0.1, -0.05) is 0 Å². The molecule has 1 rings (SSSR count). The number of methoxy groups -OCH3 is 1. The number of carboxylic acid groups (broad SMARTS) is 1. The predicted octanol–water partition coefficient (Wildman–Crippen LogP) is 0.0643. The van der Waals surface area contributed by atoms with Gasteiger partial charge in [-0.2, -0.15) is 13.2 Å². The van der Waals surface area contributed by atoms with Crippen LogP contribution in [0.15, 0.2) is 0 Å². The zero-order chi connectivity index (χ0) is 15.8. The summed E-state index contributed by atoms with van der Waals surface area (Å²) in [7, 11) is 1.60. The summed E-state index contributed by atoms with van der Waals surface area (Å²) in [6, 6.07) is -0.390. The summed E-state index contributed by atoms with van der Waals surface area (Å²) in [5.74, 6) is -3.02. The summed E-state index contributed by atoms with van der Waals surface area (Å²) in [5.41, 5.74) is 5.76. The van der Waals surface area contributed by atoms with Gasteiger partial charge in [-0.25, -0.2) is 10.2 Å². The van der Waals surface area contributed by atoms with Crippen molar-refractivity contribution >= 4 is 11.9 Å². The molecule has 2 atom stereocenters. The van der Waals surface area contributed by atoms with Crippen LogP contribution in [0.1, 0.15) is 13.3 Å². The van der Waals surface area contributed by atoms with Crippen molar-refractivity contribution in [3.05, 3.63) is 0 Å². The van der Waals surface area contributed by atoms with Crippen LogP contribution in [0.4, 0.5) is 13.2 Å². The van der Waals surface area contributed by atoms with Crippen LogP contribution < -0.4 is 10.9 Å². The van der Waals surface area contributed by atoms with Crippen LogP contribution in [0.3, 0.4) is 0 Å². The second kappa shape index (κ2) is 8.72. The number of carbonyl (C=O) groups excluding carboxylic acids is 1. The first-order valence-electron chi connectivity index (χ1n) is 5.72. The Morgan fingerprint density at radius 2 is 1.95 bits per heavy atom. The molecule has 0 aromatic heterocycles. The molecule has 1 aliphatic rings. The lowest BCUT2D eigenvalue weighted by molar-refractivity contribution is -0.192. The minimum atomic E-state index is -5.08. The Morgan fingerprint density at radius 1 is 1.40 bits per heavy atom. The number of esters is 1. The van der Waals surface area contributed by atoms with E-state index in [0.717, 1.165) is 13.0 Å². The highest BCUT2D eigenvalue weighted by Crippen LogP contribution is 2.13. The number of aliphatic carboxylic acids is 1. The van der Waals surface area contributed by atoms with E-state index < -0.39 is 18.2 Å². The van der Waals surface area contributed by atoms with Gasteiger partial charge in [0.25, 0.3) is 0 Å². The summed E-state index contributed by atoms with van der Waals surface area (Å²) < 4.78 is 41.8. The molecule has 7 nitrogen and oxygen atoms in total. The van der Waals surface area contributed by atoms with Crippen LogP contribution in [0, 0.1) is 0 Å². The highest BCUT2D eigenvalue weighted by atomic mass is 19.4. The molecule has 0 unspecified atom stereocenters. The van der Waals surface area contributed by atoms with Crippen LogP contribution in [0.25, 0.3) is 0 Å². The number of ether oxygens (including phenoxy) is 2. The highest BCUT2D eigenvalue weighted by molar-refractivity contribution is 5.76. The molecule has 20 heavy (non-hydrogen) atoms. The van der Waals surface area contributed by atoms with Gasteiger partial charge < -0.3 is 14.6 Å². The van der Waals surface area contributed by atoms with Gasteiger partial charge in [0.2, 0.25) is 0 Å². The van der Waals surface area contributed by atoms with E-state index in [-0.39, 0.29) is 12.1 Å². The Bertz CT molecular complexity index is 325. The maximum absolute atomic E-state index is 11.4. The van der Waals surface area contributed by atoms with Crippen molar-refractivity contribution in [1.29, 1.82) is 0 Å². The first-order valence-corrected chi connectivity index (χ1v) is 5.72. The van der Waals surface area contributed by atoms with Crippen molar-refractivity contribution in [1.82, 2.24) is 10.9 Å². The summed E-state index contributed by atoms with van der Waals surface area (Å²) in [6.45, 7) is 2.98. The second-order valence-electron chi connectivity index (χ2n) is 3.67. The maximum Gasteiger partial charge on any atom is 0.490 e. The normalized spacial score (nSPS) is 22.4. The molecular weight excluding hydrogens is 285 g/mol. The van der Waals surface area contributed by atoms with E-state index in [1.807, 2.05) is 0 Å². The zero-order valence-corrected chi connectivity index (χ0v) is 11.0. The highest BCUT2D eigenvalue weighted by Gasteiger charge is 2.38. The first kappa shape index (κ1) is 18.6. The van der Waals surface area contributed by atoms with Gasteiger partial charge in [0.15, 0.2) is 0 Å². The Morgan fingerprint density at radius 3 is 2.35 bits per heavy atom. The predicted molar refractivity (Wildman–Crippen MR) is 60.7 cm³/mol. The lowest BCUT2D eigenvalue weighted by atomic mass is 10.1. The molecule has 1 fully saturated rings. The van der Waals surface area contributed by atoms with Crippen LogP contribution in [-0.2, 0) is 19.1 Å². The summed E-state index contributed by atoms with van der Waals surface area (Å²) in [4.78, 5) is 20.3. The molecular formula is C10H17F3N2O5. The number of rotatable bonds is 3. The molecule has 118 valence electrons. The fourth-order valence-corrected chi connectivity index (χ4v) is 1.35. The van der Waals surface area contributed by atoms with E-state index in [1.165, 1.54) is 0 Å². The Labute approximate surface area is 113 Å². The van der Waals surface area contributed by atoms with E-state index in [1.54, 1.807) is 14.0 Å². The number of hydrogen-bond acceptors (Lipinski definition) is 6. The van der Waals surface area contributed by atoms with Crippen LogP contribution in [0.5, 0.6) is 0 Å². The van der Waals surface area contributed by atoms with Crippen molar-refractivity contribution < 1.29 is 37.3 Å². The standard InChI is InChI=1S/C8H16N2O3.C2HF3O2/c1-3-13-8(11)7-6(12-2)4-5-9-10-7;3-2(4,5)1(6)7/h6-7,9-10H,3-5H2,1-2H3;(H,6,7)/t6-,7-;/m0./s1. The zero-order valence-electron chi connectivity index (χ0n) is 11.0. The van der Waals surface area contributed by atoms with Crippen molar-refractivity contribution in [2.75, 3.05) is 20.3 Å². The lowest BCUT2D eigenvalue weighted by Crippen LogP contribution is -2.58. The third kappa shape index (κ3) is 6.68. The molecule has 0 aromatic carbocycles. The molecule has 0 saturated carbocycles. The number of hydrazine groups is 1. The molecule has 0 bridgehead atoms. The van der Waals surface area contributed by atoms with E-state index in [2.05, 4.69) is 10.9 Å². The van der Waals surface area contributed by atoms with Gasteiger partial charge in [-0.3, -0.25) is 10.2 Å². The monoisotopic (exact) mass is 302 g/mol. The molecule has 10 heteroatoms. The number of alkyl halides is 3. The molecule has 3 N–H and O–H groups in total. The number of carboxylic acids is 1. The average molecular weight is 302 g/mol. The number of halogens is 3. The summed E-state index contributed by atoms with van der Waals surface area (Å²) in [5, 5.41) is 7.12. The quantitative estimate of drug-likeness (QED) is 0.634. The smallest absolute Gasteiger partial charge is 0.475 e. The van der Waals surface area contributed by atoms with Gasteiger partial charge in [0, 0.05) is 13.7 Å². The Kier molecular flexibility index (Phi) is 8.11. The van der Waals surface area contributed by atoms with Gasteiger partial charge in [-0.05, 0) is 13.3 Å². The third-order valence-electron chi connectivity index (χ3n) is 2.27. The molecule has 0 spiro atoms. The van der Waals surface area contributed by atoms with Gasteiger partial charge in [0.1, 0.15) is 6.04 Å². The topological polar surface area (TPSA) is 96.9 Å². The number of carbonyl (C=O) groups is 2. The van der Waals surface area contributed by atoms with Crippen molar-refractivity contribution in [3.8, 4) is 0 Å². The van der Waals surface area contributed by atoms with Crippen molar-refractivity contribution in [2.45, 2.75) is 31.7 Å². The van der Waals surface area contributed by atoms with Crippen molar-refractivity contribution in [3.63, 3.8) is 0 Å². The minimum Gasteiger partial charge on any atom is -0.475 e. The summed E-state index contributed by atoms with van der Waals surface area (Å²) >= 11 is 0. The second-order valence-corrected chi connectivity index (χ2v) is 3.67. The Hall–Kier alpha value is -1.39. The van der Waals surface area contributed by atoms with E-state index in [0.29, 0.717) is 6.61 Å². The van der Waals surface area contributed by atoms with E-state index in [9.17, 15) is 18.0 Å². The molecule has 1 heterocycles. The maximum atomic E-state index is 11.4. The van der Waals surface area contributed by atoms with Gasteiger partial charge >= 0.3 is 18.1 Å². The average Bonchev–Trinajstić information content (AvgIpc) is 2.38. The third-order valence-corrected chi connectivity index (χ3v) is 2.27. The molecule has 0 amide bonds. The molecule has 0 radical (unpaired) electrons. The number of nitrogens with one attached hydrogen (secondary N) is 2. The minimum absolute atomic E-state index is 0.0969. The van der Waals surface area contributed by atoms with E-state index in [4.69, 9.17) is 19.4 Å². The number of hydrogen-bond donors (Lipinski definition) is 3. The lowest BCUT2D eigenvalue weighted by Gasteiger charge is -2.30. The molecule has 0 aromatic rings. The fraction of sp³-hybridized carbons (Fsp3) is 0.800. The molecule has 0 aliphatic carbocycles. The van der Waals surface area contributed by atoms with Crippen molar-refractivity contribution in [2.24, 2.45) is 0 Å². The largest absolute Gasteiger partial charge is 0.490 e. The molecule has 1 saturated heterocycles. The first-order chi connectivity index (χ1) is 9.23. The fourth-order valence-electron chi connectivity index (χ4n) is 1.35. The summed E-state index contributed by atoms with van der Waals surface area (Å²) in [6.07, 6.45) is -4.37. The van der Waals surface area contributed by atoms with Gasteiger partial charge in [-0.15, -0.1) is 0 Å². The van der Waals surface area contributed by atoms with Crippen LogP contribution in [-0.4, -0.2) is 55.6 Å².